The van der Waals surface area contributed by atoms with Gasteiger partial charge < -0.3 is 5.32 Å². The van der Waals surface area contributed by atoms with Gasteiger partial charge in [0.05, 0.1) is 0 Å². The predicted molar refractivity (Wildman–Crippen MR) is 84.1 cm³/mol. The van der Waals surface area contributed by atoms with Gasteiger partial charge in [-0.3, -0.25) is 9.78 Å². The van der Waals surface area contributed by atoms with Crippen LogP contribution in [-0.4, -0.2) is 22.1 Å². The second kappa shape index (κ2) is 8.07. The zero-order chi connectivity index (χ0) is 16.7. The zero-order valence-corrected chi connectivity index (χ0v) is 12.5. The summed E-state index contributed by atoms with van der Waals surface area (Å²) in [4.78, 5) is 36.1. The average molecular weight is 319 g/mol. The molecule has 0 unspecified atom stereocenters. The summed E-state index contributed by atoms with van der Waals surface area (Å²) in [7, 11) is 0. The molecule has 23 heavy (non-hydrogen) atoms. The van der Waals surface area contributed by atoms with E-state index in [0.29, 0.717) is 6.54 Å². The number of aryl methyl sites for hydroxylation is 1. The molecule has 1 amide bonds. The number of aromatic amines is 1. The molecule has 2 aromatic rings. The van der Waals surface area contributed by atoms with E-state index in [-0.39, 0.29) is 5.82 Å². The van der Waals surface area contributed by atoms with Gasteiger partial charge in [0.2, 0.25) is 0 Å². The lowest BCUT2D eigenvalue weighted by molar-refractivity contribution is 0.241. The molecule has 6 nitrogen and oxygen atoms in total. The van der Waals surface area contributed by atoms with Crippen LogP contribution >= 0.6 is 0 Å². The minimum absolute atomic E-state index is 0.242. The molecule has 0 spiro atoms. The molecule has 0 atom stereocenters. The highest BCUT2D eigenvalue weighted by Gasteiger charge is 2.05. The number of hydrogen-bond acceptors (Lipinski definition) is 3. The van der Waals surface area contributed by atoms with E-state index < -0.39 is 17.3 Å². The van der Waals surface area contributed by atoms with Crippen molar-refractivity contribution in [2.24, 2.45) is 0 Å². The lowest BCUT2D eigenvalue weighted by atomic mass is 10.1. The van der Waals surface area contributed by atoms with Gasteiger partial charge in [-0.2, -0.15) is 0 Å². The molecule has 1 aromatic heterocycles. The molecule has 0 saturated heterocycles. The van der Waals surface area contributed by atoms with Gasteiger partial charge in [0.15, 0.2) is 0 Å². The Bertz CT molecular complexity index is 765. The number of carbonyl (C=O) groups excluding carboxylic acids is 1. The number of rotatable bonds is 6. The Morgan fingerprint density at radius 1 is 1.09 bits per heavy atom. The summed E-state index contributed by atoms with van der Waals surface area (Å²) < 4.78 is 13.6. The molecule has 0 saturated carbocycles. The van der Waals surface area contributed by atoms with Crippen LogP contribution < -0.4 is 16.6 Å². The molecule has 0 aliphatic carbocycles. The Labute approximate surface area is 132 Å². The first-order chi connectivity index (χ1) is 11.1. The number of nitrogens with one attached hydrogen (secondary N) is 2. The fourth-order valence-electron chi connectivity index (χ4n) is 2.14. The highest BCUT2D eigenvalue weighted by atomic mass is 19.1. The van der Waals surface area contributed by atoms with Crippen LogP contribution in [0.15, 0.2) is 46.1 Å². The molecule has 0 aliphatic rings. The first-order valence-corrected chi connectivity index (χ1v) is 7.41. The fraction of sp³-hybridized carbons (Fsp3) is 0.312. The number of unbranched alkanes of at least 4 members (excludes halogenated alkanes) is 2. The quantitative estimate of drug-likeness (QED) is 0.794. The first kappa shape index (κ1) is 16.7. The van der Waals surface area contributed by atoms with Crippen molar-refractivity contribution in [2.75, 3.05) is 6.54 Å². The van der Waals surface area contributed by atoms with Gasteiger partial charge in [0.1, 0.15) is 5.82 Å². The third kappa shape index (κ3) is 5.21. The summed E-state index contributed by atoms with van der Waals surface area (Å²) in [5.41, 5.74) is -0.221. The minimum Gasteiger partial charge on any atom is -0.337 e. The molecule has 7 heteroatoms. The third-order valence-electron chi connectivity index (χ3n) is 3.37. The van der Waals surface area contributed by atoms with Crippen LogP contribution in [0.4, 0.5) is 9.18 Å². The summed E-state index contributed by atoms with van der Waals surface area (Å²) >= 11 is 0. The Morgan fingerprint density at radius 2 is 1.83 bits per heavy atom. The molecule has 0 fully saturated rings. The highest BCUT2D eigenvalue weighted by Crippen LogP contribution is 2.07. The van der Waals surface area contributed by atoms with Crippen LogP contribution in [0.1, 0.15) is 24.8 Å². The molecular formula is C16H18FN3O3. The number of amides is 1. The maximum atomic E-state index is 12.8. The molecule has 0 radical (unpaired) electrons. The van der Waals surface area contributed by atoms with Gasteiger partial charge in [0, 0.05) is 18.8 Å². The monoisotopic (exact) mass is 319 g/mol. The van der Waals surface area contributed by atoms with Crippen LogP contribution in [0.5, 0.6) is 0 Å². The van der Waals surface area contributed by atoms with E-state index in [9.17, 15) is 18.8 Å². The van der Waals surface area contributed by atoms with Gasteiger partial charge in [-0.05, 0) is 37.0 Å². The number of halogens is 1. The maximum Gasteiger partial charge on any atom is 0.336 e. The number of aromatic nitrogens is 2. The summed E-state index contributed by atoms with van der Waals surface area (Å²) in [5, 5.41) is 2.62. The summed E-state index contributed by atoms with van der Waals surface area (Å²) in [5.74, 6) is -0.242. The van der Waals surface area contributed by atoms with Gasteiger partial charge in [0.25, 0.3) is 5.56 Å². The average Bonchev–Trinajstić information content (AvgIpc) is 2.52. The molecule has 1 aromatic carbocycles. The van der Waals surface area contributed by atoms with Crippen LogP contribution in [0.2, 0.25) is 0 Å². The van der Waals surface area contributed by atoms with Crippen LogP contribution in [-0.2, 0) is 6.42 Å². The topological polar surface area (TPSA) is 84.0 Å². The van der Waals surface area contributed by atoms with E-state index in [1.165, 1.54) is 12.1 Å². The van der Waals surface area contributed by atoms with E-state index >= 15 is 0 Å². The second-order valence-corrected chi connectivity index (χ2v) is 5.15. The van der Waals surface area contributed by atoms with E-state index in [1.54, 1.807) is 12.1 Å². The maximum absolute atomic E-state index is 12.8. The van der Waals surface area contributed by atoms with Crippen molar-refractivity contribution in [1.82, 2.24) is 14.9 Å². The molecule has 0 aliphatic heterocycles. The van der Waals surface area contributed by atoms with Crippen molar-refractivity contribution in [1.29, 1.82) is 0 Å². The Morgan fingerprint density at radius 3 is 2.52 bits per heavy atom. The number of carbonyl (C=O) groups is 1. The molecule has 2 N–H and O–H groups in total. The lowest BCUT2D eigenvalue weighted by Gasteiger charge is -2.06. The Hall–Kier alpha value is -2.70. The van der Waals surface area contributed by atoms with Crippen molar-refractivity contribution < 1.29 is 9.18 Å². The molecule has 1 heterocycles. The van der Waals surface area contributed by atoms with Crippen molar-refractivity contribution in [3.8, 4) is 0 Å². The first-order valence-electron chi connectivity index (χ1n) is 7.41. The summed E-state index contributed by atoms with van der Waals surface area (Å²) in [6, 6.07) is 6.96. The molecule has 0 bridgehead atoms. The largest absolute Gasteiger partial charge is 0.337 e. The standard InChI is InChI=1S/C16H18FN3O3/c17-13-7-5-12(6-8-13)4-2-1-3-10-18-15(22)20-11-9-14(21)19-16(20)23/h5-9,11H,1-4,10H2,(H,18,22)(H,19,21,23). The van der Waals surface area contributed by atoms with E-state index in [4.69, 9.17) is 0 Å². The predicted octanol–water partition coefficient (Wildman–Crippen LogP) is 1.65. The van der Waals surface area contributed by atoms with Crippen molar-refractivity contribution in [3.05, 3.63) is 68.7 Å². The van der Waals surface area contributed by atoms with Gasteiger partial charge in [-0.25, -0.2) is 18.5 Å². The summed E-state index contributed by atoms with van der Waals surface area (Å²) in [6.07, 6.45) is 4.60. The van der Waals surface area contributed by atoms with E-state index in [2.05, 4.69) is 5.32 Å². The molecule has 2 rings (SSSR count). The normalized spacial score (nSPS) is 10.5. The van der Waals surface area contributed by atoms with Crippen molar-refractivity contribution >= 4 is 6.03 Å². The number of hydrogen-bond donors (Lipinski definition) is 2. The number of H-pyrrole nitrogens is 1. The Kier molecular flexibility index (Phi) is 5.85. The van der Waals surface area contributed by atoms with Gasteiger partial charge in [-0.15, -0.1) is 0 Å². The van der Waals surface area contributed by atoms with E-state index in [0.717, 1.165) is 48.1 Å². The third-order valence-corrected chi connectivity index (χ3v) is 3.37. The second-order valence-electron chi connectivity index (χ2n) is 5.15. The van der Waals surface area contributed by atoms with Gasteiger partial charge >= 0.3 is 11.7 Å². The van der Waals surface area contributed by atoms with Gasteiger partial charge in [-0.1, -0.05) is 18.6 Å². The summed E-state index contributed by atoms with van der Waals surface area (Å²) in [6.45, 7) is 0.438. The molecular weight excluding hydrogens is 301 g/mol. The lowest BCUT2D eigenvalue weighted by Crippen LogP contribution is -2.39. The minimum atomic E-state index is -0.758. The number of nitrogens with zero attached hydrogens (tertiary/aromatic N) is 1. The Balaban J connectivity index is 1.67. The molecule has 122 valence electrons. The van der Waals surface area contributed by atoms with Crippen LogP contribution in [0, 0.1) is 5.82 Å². The van der Waals surface area contributed by atoms with Crippen molar-refractivity contribution in [3.63, 3.8) is 0 Å². The van der Waals surface area contributed by atoms with Crippen molar-refractivity contribution in [2.45, 2.75) is 25.7 Å². The highest BCUT2D eigenvalue weighted by molar-refractivity contribution is 5.76. The SMILES string of the molecule is O=C(NCCCCCc1ccc(F)cc1)n1ccc(=O)[nH]c1=O. The smallest absolute Gasteiger partial charge is 0.336 e. The van der Waals surface area contributed by atoms with E-state index in [1.807, 2.05) is 4.98 Å². The number of benzene rings is 1. The zero-order valence-electron chi connectivity index (χ0n) is 12.5. The fourth-order valence-corrected chi connectivity index (χ4v) is 2.14. The van der Waals surface area contributed by atoms with Crippen LogP contribution in [0.3, 0.4) is 0 Å². The van der Waals surface area contributed by atoms with Crippen LogP contribution in [0.25, 0.3) is 0 Å².